The summed E-state index contributed by atoms with van der Waals surface area (Å²) in [6.45, 7) is 5.00. The van der Waals surface area contributed by atoms with Gasteiger partial charge >= 0.3 is 0 Å². The Kier molecular flexibility index (Phi) is 5.90. The van der Waals surface area contributed by atoms with Crippen LogP contribution in [0.3, 0.4) is 0 Å². The van der Waals surface area contributed by atoms with Gasteiger partial charge in [-0.05, 0) is 31.0 Å². The van der Waals surface area contributed by atoms with Crippen molar-refractivity contribution < 1.29 is 9.53 Å². The maximum absolute atomic E-state index is 12.3. The molecule has 0 spiro atoms. The van der Waals surface area contributed by atoms with Crippen LogP contribution in [0.15, 0.2) is 24.5 Å². The van der Waals surface area contributed by atoms with E-state index in [1.807, 2.05) is 26.0 Å². The highest BCUT2D eigenvalue weighted by Gasteiger charge is 2.12. The number of anilines is 2. The van der Waals surface area contributed by atoms with E-state index in [0.717, 1.165) is 11.1 Å². The number of nitrogens with zero attached hydrogens (tertiary/aromatic N) is 2. The summed E-state index contributed by atoms with van der Waals surface area (Å²) in [6.07, 6.45) is 2.93. The zero-order chi connectivity index (χ0) is 16.8. The number of nitrogens with one attached hydrogen (secondary N) is 2. The molecule has 1 amide bonds. The minimum Gasteiger partial charge on any atom is -0.383 e. The minimum absolute atomic E-state index is 0.303. The van der Waals surface area contributed by atoms with Crippen molar-refractivity contribution >= 4 is 29.1 Å². The average molecular weight is 335 g/mol. The van der Waals surface area contributed by atoms with Gasteiger partial charge in [0.2, 0.25) is 5.95 Å². The number of methoxy groups -OCH3 is 1. The number of benzene rings is 1. The summed E-state index contributed by atoms with van der Waals surface area (Å²) in [4.78, 5) is 20.5. The van der Waals surface area contributed by atoms with Crippen molar-refractivity contribution in [1.29, 1.82) is 0 Å². The van der Waals surface area contributed by atoms with Crippen molar-refractivity contribution in [3.63, 3.8) is 0 Å². The van der Waals surface area contributed by atoms with E-state index in [4.69, 9.17) is 16.3 Å². The summed E-state index contributed by atoms with van der Waals surface area (Å²) >= 11 is 6.19. The van der Waals surface area contributed by atoms with Crippen molar-refractivity contribution in [3.05, 3.63) is 46.2 Å². The molecule has 0 aliphatic carbocycles. The number of hydrogen-bond acceptors (Lipinski definition) is 5. The van der Waals surface area contributed by atoms with Gasteiger partial charge in [-0.1, -0.05) is 17.7 Å². The Balaban J connectivity index is 2.06. The summed E-state index contributed by atoms with van der Waals surface area (Å²) in [5.41, 5.74) is 2.91. The second kappa shape index (κ2) is 7.89. The molecule has 1 heterocycles. The molecule has 122 valence electrons. The standard InChI is InChI=1S/C16H19ClN4O2/c1-10-6-11(2)14(13(17)7-10)21-15(22)12-8-19-16(20-9-12)18-4-5-23-3/h6-9H,4-5H2,1-3H3,(H,21,22)(H,18,19,20). The minimum atomic E-state index is -0.303. The normalized spacial score (nSPS) is 10.4. The van der Waals surface area contributed by atoms with Gasteiger partial charge in [-0.2, -0.15) is 0 Å². The Hall–Kier alpha value is -2.18. The number of ether oxygens (including phenoxy) is 1. The molecule has 1 aromatic carbocycles. The fourth-order valence-corrected chi connectivity index (χ4v) is 2.43. The van der Waals surface area contributed by atoms with Gasteiger partial charge in [-0.3, -0.25) is 4.79 Å². The molecule has 23 heavy (non-hydrogen) atoms. The number of carbonyl (C=O) groups is 1. The second-order valence-corrected chi connectivity index (χ2v) is 5.51. The number of carbonyl (C=O) groups excluding carboxylic acids is 1. The number of aromatic nitrogens is 2. The van der Waals surface area contributed by atoms with Gasteiger partial charge in [-0.25, -0.2) is 9.97 Å². The molecule has 0 fully saturated rings. The van der Waals surface area contributed by atoms with E-state index in [1.165, 1.54) is 12.4 Å². The van der Waals surface area contributed by atoms with Crippen LogP contribution in [0, 0.1) is 13.8 Å². The SMILES string of the molecule is COCCNc1ncc(C(=O)Nc2c(C)cc(C)cc2Cl)cn1. The third kappa shape index (κ3) is 4.64. The van der Waals surface area contributed by atoms with Crippen molar-refractivity contribution in [2.75, 3.05) is 30.9 Å². The molecule has 0 aliphatic heterocycles. The highest BCUT2D eigenvalue weighted by atomic mass is 35.5. The van der Waals surface area contributed by atoms with Gasteiger partial charge in [0.15, 0.2) is 0 Å². The van der Waals surface area contributed by atoms with E-state index < -0.39 is 0 Å². The fourth-order valence-electron chi connectivity index (χ4n) is 2.06. The lowest BCUT2D eigenvalue weighted by Crippen LogP contribution is -2.15. The Morgan fingerprint density at radius 3 is 2.57 bits per heavy atom. The van der Waals surface area contributed by atoms with Crippen LogP contribution in [-0.4, -0.2) is 36.1 Å². The first kappa shape index (κ1) is 17.2. The lowest BCUT2D eigenvalue weighted by molar-refractivity contribution is 0.102. The van der Waals surface area contributed by atoms with Crippen molar-refractivity contribution in [1.82, 2.24) is 9.97 Å². The Labute approximate surface area is 140 Å². The zero-order valence-corrected chi connectivity index (χ0v) is 14.1. The zero-order valence-electron chi connectivity index (χ0n) is 13.3. The topological polar surface area (TPSA) is 76.1 Å². The average Bonchev–Trinajstić information content (AvgIpc) is 2.51. The number of amides is 1. The van der Waals surface area contributed by atoms with Gasteiger partial charge in [0.1, 0.15) is 0 Å². The third-order valence-electron chi connectivity index (χ3n) is 3.17. The molecule has 0 bridgehead atoms. The molecular formula is C16H19ClN4O2. The first-order valence-corrected chi connectivity index (χ1v) is 7.52. The van der Waals surface area contributed by atoms with Crippen LogP contribution >= 0.6 is 11.6 Å². The van der Waals surface area contributed by atoms with Crippen LogP contribution < -0.4 is 10.6 Å². The van der Waals surface area contributed by atoms with E-state index in [1.54, 1.807) is 7.11 Å². The summed E-state index contributed by atoms with van der Waals surface area (Å²) in [5.74, 6) is 0.144. The maximum atomic E-state index is 12.3. The molecule has 0 saturated carbocycles. The van der Waals surface area contributed by atoms with E-state index in [0.29, 0.717) is 35.4 Å². The molecule has 1 aromatic heterocycles. The predicted molar refractivity (Wildman–Crippen MR) is 91.3 cm³/mol. The van der Waals surface area contributed by atoms with Gasteiger partial charge in [0.05, 0.1) is 22.9 Å². The van der Waals surface area contributed by atoms with Gasteiger partial charge in [-0.15, -0.1) is 0 Å². The predicted octanol–water partition coefficient (Wildman–Crippen LogP) is 3.06. The molecule has 0 atom stereocenters. The fraction of sp³-hybridized carbons (Fsp3) is 0.312. The van der Waals surface area contributed by atoms with Crippen molar-refractivity contribution in [2.45, 2.75) is 13.8 Å². The lowest BCUT2D eigenvalue weighted by atomic mass is 10.1. The smallest absolute Gasteiger partial charge is 0.258 e. The van der Waals surface area contributed by atoms with Crippen LogP contribution in [0.25, 0.3) is 0 Å². The van der Waals surface area contributed by atoms with Crippen LogP contribution in [-0.2, 0) is 4.74 Å². The van der Waals surface area contributed by atoms with E-state index in [-0.39, 0.29) is 5.91 Å². The summed E-state index contributed by atoms with van der Waals surface area (Å²) in [6, 6.07) is 3.77. The third-order valence-corrected chi connectivity index (χ3v) is 3.47. The molecule has 2 N–H and O–H groups in total. The van der Waals surface area contributed by atoms with Crippen molar-refractivity contribution in [2.24, 2.45) is 0 Å². The summed E-state index contributed by atoms with van der Waals surface area (Å²) in [7, 11) is 1.62. The molecule has 2 rings (SSSR count). The molecule has 2 aromatic rings. The van der Waals surface area contributed by atoms with Crippen molar-refractivity contribution in [3.8, 4) is 0 Å². The molecule has 0 radical (unpaired) electrons. The monoisotopic (exact) mass is 334 g/mol. The number of halogens is 1. The van der Waals surface area contributed by atoms with E-state index in [2.05, 4.69) is 20.6 Å². The van der Waals surface area contributed by atoms with E-state index in [9.17, 15) is 4.79 Å². The largest absolute Gasteiger partial charge is 0.383 e. The molecule has 7 heteroatoms. The van der Waals surface area contributed by atoms with Crippen LogP contribution in [0.1, 0.15) is 21.5 Å². The van der Waals surface area contributed by atoms with E-state index >= 15 is 0 Å². The quantitative estimate of drug-likeness (QED) is 0.794. The molecule has 6 nitrogen and oxygen atoms in total. The summed E-state index contributed by atoms with van der Waals surface area (Å²) in [5, 5.41) is 6.30. The maximum Gasteiger partial charge on any atom is 0.258 e. The molecule has 0 unspecified atom stereocenters. The van der Waals surface area contributed by atoms with Crippen LogP contribution in [0.4, 0.5) is 11.6 Å². The lowest BCUT2D eigenvalue weighted by Gasteiger charge is -2.11. The Morgan fingerprint density at radius 2 is 1.96 bits per heavy atom. The summed E-state index contributed by atoms with van der Waals surface area (Å²) < 4.78 is 4.93. The highest BCUT2D eigenvalue weighted by Crippen LogP contribution is 2.27. The molecule has 0 saturated heterocycles. The molecule has 0 aliphatic rings. The number of rotatable bonds is 6. The Morgan fingerprint density at radius 1 is 1.26 bits per heavy atom. The van der Waals surface area contributed by atoms with Gasteiger partial charge in [0, 0.05) is 26.0 Å². The van der Waals surface area contributed by atoms with Crippen LogP contribution in [0.2, 0.25) is 5.02 Å². The highest BCUT2D eigenvalue weighted by molar-refractivity contribution is 6.34. The van der Waals surface area contributed by atoms with Crippen LogP contribution in [0.5, 0.6) is 0 Å². The first-order chi connectivity index (χ1) is 11.0. The second-order valence-electron chi connectivity index (χ2n) is 5.11. The first-order valence-electron chi connectivity index (χ1n) is 7.14. The van der Waals surface area contributed by atoms with Gasteiger partial charge < -0.3 is 15.4 Å². The number of hydrogen-bond donors (Lipinski definition) is 2. The number of aryl methyl sites for hydroxylation is 2. The Bertz CT molecular complexity index is 666. The van der Waals surface area contributed by atoms with Gasteiger partial charge in [0.25, 0.3) is 5.91 Å². The molecular weight excluding hydrogens is 316 g/mol.